The molecule has 0 radical (unpaired) electrons. The van der Waals surface area contributed by atoms with Crippen molar-refractivity contribution in [1.29, 1.82) is 0 Å². The Morgan fingerprint density at radius 1 is 1.04 bits per heavy atom. The van der Waals surface area contributed by atoms with Crippen LogP contribution in [0.15, 0.2) is 30.4 Å². The molecule has 3 fully saturated rings. The second kappa shape index (κ2) is 7.67. The molecule has 0 aromatic heterocycles. The van der Waals surface area contributed by atoms with Crippen molar-refractivity contribution in [3.63, 3.8) is 0 Å². The van der Waals surface area contributed by atoms with Gasteiger partial charge in [-0.2, -0.15) is 0 Å². The normalized spacial score (nSPS) is 33.9. The zero-order valence-electron chi connectivity index (χ0n) is 16.0. The zero-order chi connectivity index (χ0) is 19.0. The van der Waals surface area contributed by atoms with Crippen LogP contribution in [-0.2, 0) is 14.2 Å². The van der Waals surface area contributed by atoms with E-state index in [-0.39, 0.29) is 43.2 Å². The highest BCUT2D eigenvalue weighted by atomic mass is 16.7. The van der Waals surface area contributed by atoms with Crippen molar-refractivity contribution < 1.29 is 28.8 Å². The van der Waals surface area contributed by atoms with Crippen molar-refractivity contribution in [1.82, 2.24) is 0 Å². The highest BCUT2D eigenvalue weighted by Gasteiger charge is 2.42. The van der Waals surface area contributed by atoms with E-state index in [0.717, 1.165) is 29.9 Å². The molecule has 0 amide bonds. The van der Waals surface area contributed by atoms with Gasteiger partial charge < -0.3 is 28.8 Å². The monoisotopic (exact) mass is 388 g/mol. The lowest BCUT2D eigenvalue weighted by molar-refractivity contribution is -0.182. The van der Waals surface area contributed by atoms with Crippen LogP contribution in [0, 0.1) is 11.8 Å². The van der Waals surface area contributed by atoms with E-state index in [9.17, 15) is 5.11 Å². The third kappa shape index (κ3) is 3.43. The highest BCUT2D eigenvalue weighted by molar-refractivity contribution is 5.45. The Morgan fingerprint density at radius 2 is 1.89 bits per heavy atom. The van der Waals surface area contributed by atoms with Gasteiger partial charge in [-0.25, -0.2) is 0 Å². The predicted octanol–water partition coefficient (Wildman–Crippen LogP) is 3.34. The van der Waals surface area contributed by atoms with Crippen molar-refractivity contribution in [2.45, 2.75) is 50.1 Å². The topological polar surface area (TPSA) is 66.4 Å². The summed E-state index contributed by atoms with van der Waals surface area (Å²) in [6.45, 7) is 1.52. The van der Waals surface area contributed by atoms with Gasteiger partial charge in [0.15, 0.2) is 17.3 Å². The van der Waals surface area contributed by atoms with Gasteiger partial charge in [-0.1, -0.05) is 24.6 Å². The first-order valence-electron chi connectivity index (χ1n) is 10.4. The minimum Gasteiger partial charge on any atom is -0.454 e. The SMILES string of the molecule is OC[C@H]1[C@@H](c2ccc3c(c2)OCO3)OC[C@@H]1C=C[C@@H]1COC2(CCCCC2)O1. The van der Waals surface area contributed by atoms with Crippen LogP contribution >= 0.6 is 0 Å². The molecule has 0 bridgehead atoms. The largest absolute Gasteiger partial charge is 0.454 e. The van der Waals surface area contributed by atoms with Gasteiger partial charge in [0.1, 0.15) is 6.10 Å². The molecule has 6 nitrogen and oxygen atoms in total. The van der Waals surface area contributed by atoms with Gasteiger partial charge in [0.05, 0.1) is 19.3 Å². The molecule has 2 saturated heterocycles. The maximum atomic E-state index is 10.0. The number of rotatable bonds is 4. The Labute approximate surface area is 165 Å². The molecule has 6 heteroatoms. The third-order valence-corrected chi connectivity index (χ3v) is 6.41. The predicted molar refractivity (Wildman–Crippen MR) is 101 cm³/mol. The first-order valence-corrected chi connectivity index (χ1v) is 10.4. The van der Waals surface area contributed by atoms with E-state index < -0.39 is 0 Å². The lowest BCUT2D eigenvalue weighted by atomic mass is 9.87. The van der Waals surface area contributed by atoms with Crippen LogP contribution in [0.3, 0.4) is 0 Å². The van der Waals surface area contributed by atoms with Crippen molar-refractivity contribution >= 4 is 0 Å². The summed E-state index contributed by atoms with van der Waals surface area (Å²) < 4.78 is 29.2. The van der Waals surface area contributed by atoms with E-state index >= 15 is 0 Å². The van der Waals surface area contributed by atoms with Crippen LogP contribution < -0.4 is 9.47 Å². The average molecular weight is 388 g/mol. The van der Waals surface area contributed by atoms with Crippen LogP contribution in [0.1, 0.15) is 43.8 Å². The van der Waals surface area contributed by atoms with Crippen molar-refractivity contribution in [3.8, 4) is 11.5 Å². The van der Waals surface area contributed by atoms with Gasteiger partial charge in [-0.3, -0.25) is 0 Å². The zero-order valence-corrected chi connectivity index (χ0v) is 16.0. The number of aliphatic hydroxyl groups is 1. The summed E-state index contributed by atoms with van der Waals surface area (Å²) in [6.07, 6.45) is 9.69. The Hall–Kier alpha value is -1.60. The molecule has 4 atom stereocenters. The van der Waals surface area contributed by atoms with Gasteiger partial charge >= 0.3 is 0 Å². The average Bonchev–Trinajstić information content (AvgIpc) is 3.44. The number of hydrogen-bond acceptors (Lipinski definition) is 6. The maximum Gasteiger partial charge on any atom is 0.231 e. The van der Waals surface area contributed by atoms with Crippen molar-refractivity contribution in [2.75, 3.05) is 26.6 Å². The highest BCUT2D eigenvalue weighted by Crippen LogP contribution is 2.43. The van der Waals surface area contributed by atoms with E-state index in [2.05, 4.69) is 12.2 Å². The Morgan fingerprint density at radius 3 is 2.75 bits per heavy atom. The summed E-state index contributed by atoms with van der Waals surface area (Å²) in [5.41, 5.74) is 1.01. The lowest BCUT2D eigenvalue weighted by Crippen LogP contribution is -2.33. The summed E-state index contributed by atoms with van der Waals surface area (Å²) in [4.78, 5) is 0. The van der Waals surface area contributed by atoms with Crippen LogP contribution in [0.5, 0.6) is 11.5 Å². The molecular weight excluding hydrogens is 360 g/mol. The molecule has 1 N–H and O–H groups in total. The molecule has 1 aromatic carbocycles. The lowest BCUT2D eigenvalue weighted by Gasteiger charge is -2.31. The molecule has 3 heterocycles. The van der Waals surface area contributed by atoms with E-state index in [0.29, 0.717) is 13.2 Å². The number of aliphatic hydroxyl groups excluding tert-OH is 1. The second-order valence-corrected chi connectivity index (χ2v) is 8.20. The second-order valence-electron chi connectivity index (χ2n) is 8.20. The van der Waals surface area contributed by atoms with Gasteiger partial charge in [0.2, 0.25) is 6.79 Å². The quantitative estimate of drug-likeness (QED) is 0.798. The molecule has 0 unspecified atom stereocenters. The fourth-order valence-corrected chi connectivity index (χ4v) is 4.84. The van der Waals surface area contributed by atoms with E-state index in [1.54, 1.807) is 0 Å². The van der Waals surface area contributed by atoms with Crippen molar-refractivity contribution in [2.24, 2.45) is 11.8 Å². The van der Waals surface area contributed by atoms with Crippen LogP contribution in [0.4, 0.5) is 0 Å². The fraction of sp³-hybridized carbons (Fsp3) is 0.636. The Kier molecular flexibility index (Phi) is 5.05. The van der Waals surface area contributed by atoms with Gasteiger partial charge in [0.25, 0.3) is 0 Å². The van der Waals surface area contributed by atoms with Crippen LogP contribution in [-0.4, -0.2) is 43.6 Å². The summed E-state index contributed by atoms with van der Waals surface area (Å²) in [5.74, 6) is 1.29. The fourth-order valence-electron chi connectivity index (χ4n) is 4.84. The maximum absolute atomic E-state index is 10.0. The van der Waals surface area contributed by atoms with Crippen LogP contribution in [0.2, 0.25) is 0 Å². The number of fused-ring (bicyclic) bond motifs is 1. The minimum absolute atomic E-state index is 0.00239. The smallest absolute Gasteiger partial charge is 0.231 e. The number of hydrogen-bond donors (Lipinski definition) is 1. The molecule has 28 heavy (non-hydrogen) atoms. The van der Waals surface area contributed by atoms with Gasteiger partial charge in [0, 0.05) is 31.3 Å². The van der Waals surface area contributed by atoms with Gasteiger partial charge in [-0.05, 0) is 30.5 Å². The third-order valence-electron chi connectivity index (χ3n) is 6.41. The molecule has 1 spiro atoms. The molecule has 1 saturated carbocycles. The summed E-state index contributed by atoms with van der Waals surface area (Å²) in [7, 11) is 0. The van der Waals surface area contributed by atoms with E-state index in [1.165, 1.54) is 19.3 Å². The standard InChI is InChI=1S/C22H28O6/c23-11-18-16(4-6-17-13-27-22(28-17)8-2-1-3-9-22)12-24-21(18)15-5-7-19-20(10-15)26-14-25-19/h4-7,10,16-18,21,23H,1-3,8-9,11-14H2/t16-,17+,18+,21+/m0/s1. The molecule has 152 valence electrons. The number of ether oxygens (including phenoxy) is 5. The van der Waals surface area contributed by atoms with E-state index in [4.69, 9.17) is 23.7 Å². The molecule has 1 aliphatic carbocycles. The molecule has 1 aromatic rings. The summed E-state index contributed by atoms with van der Waals surface area (Å²) in [5, 5.41) is 10.0. The van der Waals surface area contributed by atoms with Crippen molar-refractivity contribution in [3.05, 3.63) is 35.9 Å². The van der Waals surface area contributed by atoms with Gasteiger partial charge in [-0.15, -0.1) is 0 Å². The first-order chi connectivity index (χ1) is 13.8. The number of benzene rings is 1. The summed E-state index contributed by atoms with van der Waals surface area (Å²) in [6, 6.07) is 5.86. The molecular formula is C22H28O6. The van der Waals surface area contributed by atoms with E-state index in [1.807, 2.05) is 18.2 Å². The molecule has 5 rings (SSSR count). The first kappa shape index (κ1) is 18.4. The van der Waals surface area contributed by atoms with Crippen LogP contribution in [0.25, 0.3) is 0 Å². The Bertz CT molecular complexity index is 726. The molecule has 3 aliphatic heterocycles. The summed E-state index contributed by atoms with van der Waals surface area (Å²) >= 11 is 0. The minimum atomic E-state index is -0.356. The molecule has 4 aliphatic rings. The Balaban J connectivity index is 1.24.